The van der Waals surface area contributed by atoms with Gasteiger partial charge in [-0.05, 0) is 0 Å². The van der Waals surface area contributed by atoms with Gasteiger partial charge in [-0.2, -0.15) is 0 Å². The quantitative estimate of drug-likeness (QED) is 0.648. The van der Waals surface area contributed by atoms with Crippen LogP contribution in [-0.2, 0) is 9.59 Å². The zero-order valence-electron chi connectivity index (χ0n) is 6.98. The largest absolute Gasteiger partial charge is 0.480 e. The smallest absolute Gasteiger partial charge is 0.327 e. The van der Waals surface area contributed by atoms with Crippen molar-refractivity contribution in [2.24, 2.45) is 0 Å². The molecule has 12 heavy (non-hydrogen) atoms. The molecule has 1 heterocycles. The summed E-state index contributed by atoms with van der Waals surface area (Å²) < 4.78 is 0. The van der Waals surface area contributed by atoms with Gasteiger partial charge in [-0.3, -0.25) is 4.79 Å². The molecule has 0 aliphatic carbocycles. The predicted molar refractivity (Wildman–Crippen MR) is 45.9 cm³/mol. The molecule has 0 aromatic heterocycles. The summed E-state index contributed by atoms with van der Waals surface area (Å²) in [5.74, 6) is -0.588. The lowest BCUT2D eigenvalue weighted by molar-refractivity contribution is -0.147. The minimum Gasteiger partial charge on any atom is -0.480 e. The van der Waals surface area contributed by atoms with Crippen molar-refractivity contribution >= 4 is 23.6 Å². The van der Waals surface area contributed by atoms with E-state index in [1.54, 1.807) is 0 Å². The van der Waals surface area contributed by atoms with Gasteiger partial charge in [0.25, 0.3) is 0 Å². The van der Waals surface area contributed by atoms with Gasteiger partial charge in [-0.25, -0.2) is 4.79 Å². The fourth-order valence-electron chi connectivity index (χ4n) is 1.24. The number of carboxylic acids is 1. The van der Waals surface area contributed by atoms with Crippen LogP contribution in [-0.4, -0.2) is 39.1 Å². The highest BCUT2D eigenvalue weighted by Crippen LogP contribution is 2.28. The molecule has 1 rings (SSSR count). The number of nitrogens with zero attached hydrogens (tertiary/aromatic N) is 1. The van der Waals surface area contributed by atoms with Crippen LogP contribution in [0.3, 0.4) is 0 Å². The molecule has 1 fully saturated rings. The van der Waals surface area contributed by atoms with Gasteiger partial charge in [0.05, 0.1) is 5.88 Å². The molecule has 1 aliphatic rings. The van der Waals surface area contributed by atoms with Crippen LogP contribution in [0.15, 0.2) is 0 Å². The monoisotopic (exact) mass is 189 g/mol. The Labute approximate surface area is 74.9 Å². The molecule has 5 heteroatoms. The number of carbonyl (C=O) groups excluding carboxylic acids is 1. The van der Waals surface area contributed by atoms with E-state index in [2.05, 4.69) is 0 Å². The first-order chi connectivity index (χ1) is 5.54. The molecule has 0 unspecified atom stereocenters. The normalized spacial score (nSPS) is 29.0. The predicted octanol–water partition coefficient (Wildman–Crippen LogP) is 0.381. The van der Waals surface area contributed by atoms with Crippen LogP contribution in [0.4, 0.5) is 0 Å². The first-order valence-corrected chi connectivity index (χ1v) is 4.70. The third-order valence-corrected chi connectivity index (χ3v) is 3.13. The summed E-state index contributed by atoms with van der Waals surface area (Å²) in [6, 6.07) is -0.646. The maximum atomic E-state index is 11.0. The Kier molecular flexibility index (Phi) is 2.62. The number of hydrogen-bond acceptors (Lipinski definition) is 3. The summed E-state index contributed by atoms with van der Waals surface area (Å²) in [6.07, 6.45) is 0. The van der Waals surface area contributed by atoms with Gasteiger partial charge in [0.2, 0.25) is 5.91 Å². The molecule has 0 bridgehead atoms. The van der Waals surface area contributed by atoms with E-state index < -0.39 is 12.0 Å². The number of rotatable bonds is 1. The summed E-state index contributed by atoms with van der Waals surface area (Å²) in [5.41, 5.74) is 0. The van der Waals surface area contributed by atoms with Crippen LogP contribution in [0.5, 0.6) is 0 Å². The Morgan fingerprint density at radius 3 is 2.50 bits per heavy atom. The summed E-state index contributed by atoms with van der Waals surface area (Å²) in [4.78, 5) is 23.1. The minimum absolute atomic E-state index is 0.00796. The van der Waals surface area contributed by atoms with E-state index in [4.69, 9.17) is 5.11 Å². The van der Waals surface area contributed by atoms with Gasteiger partial charge in [-0.15, -0.1) is 11.8 Å². The molecule has 0 radical (unpaired) electrons. The molecule has 0 aromatic rings. The van der Waals surface area contributed by atoms with Crippen molar-refractivity contribution in [1.29, 1.82) is 0 Å². The third-order valence-electron chi connectivity index (χ3n) is 1.91. The fraction of sp³-hybridized carbons (Fsp3) is 0.714. The number of aliphatic carboxylic acids is 1. The molecule has 2 atom stereocenters. The SMILES string of the molecule is CC(=O)N1CS[C@@H](C)[C@H]1C(=O)O. The van der Waals surface area contributed by atoms with Gasteiger partial charge in [0, 0.05) is 12.2 Å². The van der Waals surface area contributed by atoms with Gasteiger partial charge in [0.15, 0.2) is 0 Å². The lowest BCUT2D eigenvalue weighted by Gasteiger charge is -2.20. The van der Waals surface area contributed by atoms with E-state index in [0.717, 1.165) is 0 Å². The lowest BCUT2D eigenvalue weighted by atomic mass is 10.2. The molecule has 4 nitrogen and oxygen atoms in total. The topological polar surface area (TPSA) is 57.6 Å². The van der Waals surface area contributed by atoms with Crippen molar-refractivity contribution in [3.8, 4) is 0 Å². The molecule has 0 saturated carbocycles. The summed E-state index contributed by atoms with van der Waals surface area (Å²) in [6.45, 7) is 3.22. The number of thioether (sulfide) groups is 1. The second kappa shape index (κ2) is 3.35. The highest BCUT2D eigenvalue weighted by atomic mass is 32.2. The van der Waals surface area contributed by atoms with E-state index in [0.29, 0.717) is 5.88 Å². The fourth-order valence-corrected chi connectivity index (χ4v) is 2.43. The zero-order valence-corrected chi connectivity index (χ0v) is 7.80. The molecule has 1 amide bonds. The van der Waals surface area contributed by atoms with Crippen molar-refractivity contribution < 1.29 is 14.7 Å². The summed E-state index contributed by atoms with van der Waals surface area (Å²) in [7, 11) is 0. The van der Waals surface area contributed by atoms with Crippen molar-refractivity contribution in [2.45, 2.75) is 25.1 Å². The minimum atomic E-state index is -0.914. The first-order valence-electron chi connectivity index (χ1n) is 3.65. The Hall–Kier alpha value is -0.710. The van der Waals surface area contributed by atoms with E-state index in [9.17, 15) is 9.59 Å². The Morgan fingerprint density at radius 2 is 2.17 bits per heavy atom. The van der Waals surface area contributed by atoms with Crippen LogP contribution in [0.25, 0.3) is 0 Å². The zero-order chi connectivity index (χ0) is 9.30. The van der Waals surface area contributed by atoms with Gasteiger partial charge in [0.1, 0.15) is 6.04 Å². The molecule has 1 N–H and O–H groups in total. The van der Waals surface area contributed by atoms with Gasteiger partial charge in [-0.1, -0.05) is 6.92 Å². The molecule has 1 aliphatic heterocycles. The molecule has 68 valence electrons. The van der Waals surface area contributed by atoms with Crippen molar-refractivity contribution in [1.82, 2.24) is 4.90 Å². The highest BCUT2D eigenvalue weighted by Gasteiger charge is 2.38. The van der Waals surface area contributed by atoms with Crippen LogP contribution in [0, 0.1) is 0 Å². The average molecular weight is 189 g/mol. The van der Waals surface area contributed by atoms with E-state index >= 15 is 0 Å². The van der Waals surface area contributed by atoms with Gasteiger partial charge < -0.3 is 10.0 Å². The Balaban J connectivity index is 2.77. The van der Waals surface area contributed by atoms with Crippen LogP contribution in [0.2, 0.25) is 0 Å². The lowest BCUT2D eigenvalue weighted by Crippen LogP contribution is -2.43. The molecule has 0 aromatic carbocycles. The number of hydrogen-bond donors (Lipinski definition) is 1. The first kappa shape index (κ1) is 9.38. The average Bonchev–Trinajstić information content (AvgIpc) is 2.30. The standard InChI is InChI=1S/C7H11NO3S/c1-4-6(7(10)11)8(3-12-4)5(2)9/h4,6H,3H2,1-2H3,(H,10,11)/t4-,6-/m0/s1. The molecular formula is C7H11NO3S. The molecule has 1 saturated heterocycles. The van der Waals surface area contributed by atoms with Crippen LogP contribution in [0.1, 0.15) is 13.8 Å². The van der Waals surface area contributed by atoms with Crippen LogP contribution < -0.4 is 0 Å². The molecular weight excluding hydrogens is 178 g/mol. The number of carbonyl (C=O) groups is 2. The number of carboxylic acid groups (broad SMARTS) is 1. The van der Waals surface area contributed by atoms with Crippen molar-refractivity contribution in [3.05, 3.63) is 0 Å². The second-order valence-corrected chi connectivity index (χ2v) is 4.11. The highest BCUT2D eigenvalue weighted by molar-refractivity contribution is 8.00. The van der Waals surface area contributed by atoms with E-state index in [1.165, 1.54) is 23.6 Å². The number of amides is 1. The molecule has 0 spiro atoms. The van der Waals surface area contributed by atoms with E-state index in [1.807, 2.05) is 6.92 Å². The summed E-state index contributed by atoms with van der Waals surface area (Å²) >= 11 is 1.49. The second-order valence-electron chi connectivity index (χ2n) is 2.77. The maximum Gasteiger partial charge on any atom is 0.327 e. The third kappa shape index (κ3) is 1.55. The van der Waals surface area contributed by atoms with Crippen molar-refractivity contribution in [3.63, 3.8) is 0 Å². The van der Waals surface area contributed by atoms with Crippen molar-refractivity contribution in [2.75, 3.05) is 5.88 Å². The Bertz CT molecular complexity index is 219. The van der Waals surface area contributed by atoms with E-state index in [-0.39, 0.29) is 11.2 Å². The Morgan fingerprint density at radius 1 is 1.58 bits per heavy atom. The van der Waals surface area contributed by atoms with Gasteiger partial charge >= 0.3 is 5.97 Å². The summed E-state index contributed by atoms with van der Waals surface area (Å²) in [5, 5.41) is 8.79. The van der Waals surface area contributed by atoms with Crippen LogP contribution >= 0.6 is 11.8 Å². The maximum absolute atomic E-state index is 11.0.